The Kier molecular flexibility index (Phi) is 2.02. The van der Waals surface area contributed by atoms with E-state index in [9.17, 15) is 0 Å². The number of furan rings is 1. The van der Waals surface area contributed by atoms with Gasteiger partial charge in [-0.05, 0) is 26.0 Å². The van der Waals surface area contributed by atoms with Crippen molar-refractivity contribution in [2.45, 2.75) is 19.4 Å². The summed E-state index contributed by atoms with van der Waals surface area (Å²) in [6.07, 6.45) is 0. The van der Waals surface area contributed by atoms with Crippen molar-refractivity contribution in [3.63, 3.8) is 0 Å². The summed E-state index contributed by atoms with van der Waals surface area (Å²) in [6, 6.07) is 3.61. The van der Waals surface area contributed by atoms with E-state index in [0.717, 1.165) is 5.76 Å². The van der Waals surface area contributed by atoms with Crippen LogP contribution in [0.15, 0.2) is 16.5 Å². The maximum Gasteiger partial charge on any atom is 0.126 e. The van der Waals surface area contributed by atoms with E-state index in [-0.39, 0.29) is 6.61 Å². The molecule has 0 aromatic carbocycles. The molecule has 0 amide bonds. The van der Waals surface area contributed by atoms with Gasteiger partial charge in [0.15, 0.2) is 0 Å². The predicted octanol–water partition coefficient (Wildman–Crippen LogP) is 0.754. The standard InChI is InChI=1S/C8H13NO2/c1-6-3-4-7(11-6)8(2,9)5-10/h3-4,10H,5,9H2,1-2H3/t8-/m1/s1. The van der Waals surface area contributed by atoms with Crippen molar-refractivity contribution in [2.75, 3.05) is 6.61 Å². The molecule has 1 atom stereocenters. The maximum atomic E-state index is 8.87. The molecule has 1 rings (SSSR count). The first-order valence-corrected chi connectivity index (χ1v) is 3.53. The highest BCUT2D eigenvalue weighted by atomic mass is 16.3. The maximum absolute atomic E-state index is 8.87. The Bertz CT molecular complexity index is 240. The van der Waals surface area contributed by atoms with Gasteiger partial charge in [-0.1, -0.05) is 0 Å². The Morgan fingerprint density at radius 1 is 1.64 bits per heavy atom. The van der Waals surface area contributed by atoms with Crippen molar-refractivity contribution in [3.05, 3.63) is 23.7 Å². The molecule has 0 fully saturated rings. The van der Waals surface area contributed by atoms with Crippen molar-refractivity contribution < 1.29 is 9.52 Å². The van der Waals surface area contributed by atoms with Crippen LogP contribution in [0.1, 0.15) is 18.4 Å². The quantitative estimate of drug-likeness (QED) is 0.662. The van der Waals surface area contributed by atoms with Gasteiger partial charge in [0.05, 0.1) is 12.1 Å². The fourth-order valence-electron chi connectivity index (χ4n) is 0.819. The molecule has 62 valence electrons. The van der Waals surface area contributed by atoms with Crippen LogP contribution in [0, 0.1) is 6.92 Å². The van der Waals surface area contributed by atoms with Crippen LogP contribution < -0.4 is 5.73 Å². The van der Waals surface area contributed by atoms with Gasteiger partial charge in [-0.25, -0.2) is 0 Å². The van der Waals surface area contributed by atoms with Gasteiger partial charge in [0.2, 0.25) is 0 Å². The molecule has 1 heterocycles. The van der Waals surface area contributed by atoms with Gasteiger partial charge in [0, 0.05) is 0 Å². The molecule has 3 heteroatoms. The summed E-state index contributed by atoms with van der Waals surface area (Å²) in [6.45, 7) is 3.46. The first-order chi connectivity index (χ1) is 5.06. The van der Waals surface area contributed by atoms with Crippen LogP contribution in [-0.2, 0) is 5.54 Å². The molecule has 0 aliphatic heterocycles. The summed E-state index contributed by atoms with van der Waals surface area (Å²) in [4.78, 5) is 0. The zero-order valence-electron chi connectivity index (χ0n) is 6.79. The van der Waals surface area contributed by atoms with E-state index >= 15 is 0 Å². The lowest BCUT2D eigenvalue weighted by Gasteiger charge is -2.17. The Hall–Kier alpha value is -0.800. The fourth-order valence-corrected chi connectivity index (χ4v) is 0.819. The lowest BCUT2D eigenvalue weighted by atomic mass is 10.0. The fraction of sp³-hybridized carbons (Fsp3) is 0.500. The number of hydrogen-bond donors (Lipinski definition) is 2. The van der Waals surface area contributed by atoms with Crippen LogP contribution in [0.4, 0.5) is 0 Å². The van der Waals surface area contributed by atoms with E-state index in [4.69, 9.17) is 15.3 Å². The molecule has 0 saturated carbocycles. The second kappa shape index (κ2) is 2.68. The molecular weight excluding hydrogens is 142 g/mol. The molecule has 11 heavy (non-hydrogen) atoms. The molecule has 0 bridgehead atoms. The Morgan fingerprint density at radius 2 is 2.27 bits per heavy atom. The highest BCUT2D eigenvalue weighted by molar-refractivity contribution is 5.13. The lowest BCUT2D eigenvalue weighted by Crippen LogP contribution is -2.36. The Morgan fingerprint density at radius 3 is 2.64 bits per heavy atom. The van der Waals surface area contributed by atoms with E-state index in [1.54, 1.807) is 13.0 Å². The minimum absolute atomic E-state index is 0.111. The largest absolute Gasteiger partial charge is 0.464 e. The number of aliphatic hydroxyl groups is 1. The SMILES string of the molecule is Cc1ccc([C@](C)(N)CO)o1. The van der Waals surface area contributed by atoms with Crippen LogP contribution in [0.3, 0.4) is 0 Å². The molecule has 0 saturated heterocycles. The van der Waals surface area contributed by atoms with E-state index in [0.29, 0.717) is 5.76 Å². The molecule has 0 radical (unpaired) electrons. The summed E-state index contributed by atoms with van der Waals surface area (Å²) in [5.41, 5.74) is 4.95. The van der Waals surface area contributed by atoms with Crippen LogP contribution in [0.25, 0.3) is 0 Å². The van der Waals surface area contributed by atoms with Gasteiger partial charge in [0.1, 0.15) is 11.5 Å². The third kappa shape index (κ3) is 1.61. The third-order valence-corrected chi connectivity index (χ3v) is 1.63. The van der Waals surface area contributed by atoms with Crippen molar-refractivity contribution in [2.24, 2.45) is 5.73 Å². The smallest absolute Gasteiger partial charge is 0.126 e. The predicted molar refractivity (Wildman–Crippen MR) is 42.1 cm³/mol. The number of hydrogen-bond acceptors (Lipinski definition) is 3. The molecule has 0 aliphatic carbocycles. The minimum atomic E-state index is -0.756. The zero-order valence-corrected chi connectivity index (χ0v) is 6.79. The van der Waals surface area contributed by atoms with Crippen molar-refractivity contribution in [3.8, 4) is 0 Å². The van der Waals surface area contributed by atoms with E-state index in [2.05, 4.69) is 0 Å². The average molecular weight is 155 g/mol. The van der Waals surface area contributed by atoms with Gasteiger partial charge in [-0.15, -0.1) is 0 Å². The Balaban J connectivity index is 2.92. The molecule has 3 nitrogen and oxygen atoms in total. The topological polar surface area (TPSA) is 59.4 Å². The molecular formula is C8H13NO2. The monoisotopic (exact) mass is 155 g/mol. The van der Waals surface area contributed by atoms with Crippen LogP contribution in [0.2, 0.25) is 0 Å². The highest BCUT2D eigenvalue weighted by Crippen LogP contribution is 2.18. The van der Waals surface area contributed by atoms with Gasteiger partial charge < -0.3 is 15.3 Å². The van der Waals surface area contributed by atoms with Gasteiger partial charge in [-0.2, -0.15) is 0 Å². The summed E-state index contributed by atoms with van der Waals surface area (Å²) < 4.78 is 5.25. The van der Waals surface area contributed by atoms with Crippen LogP contribution >= 0.6 is 0 Å². The summed E-state index contributed by atoms with van der Waals surface area (Å²) in [7, 11) is 0. The molecule has 1 aromatic rings. The summed E-state index contributed by atoms with van der Waals surface area (Å²) in [5, 5.41) is 8.87. The molecule has 0 spiro atoms. The van der Waals surface area contributed by atoms with Gasteiger partial charge in [-0.3, -0.25) is 0 Å². The number of rotatable bonds is 2. The van der Waals surface area contributed by atoms with E-state index in [1.165, 1.54) is 0 Å². The molecule has 0 aliphatic rings. The van der Waals surface area contributed by atoms with Gasteiger partial charge in [0.25, 0.3) is 0 Å². The first kappa shape index (κ1) is 8.30. The summed E-state index contributed by atoms with van der Waals surface area (Å²) >= 11 is 0. The second-order valence-corrected chi connectivity index (χ2v) is 2.99. The second-order valence-electron chi connectivity index (χ2n) is 2.99. The van der Waals surface area contributed by atoms with Crippen molar-refractivity contribution >= 4 is 0 Å². The highest BCUT2D eigenvalue weighted by Gasteiger charge is 2.23. The third-order valence-electron chi connectivity index (χ3n) is 1.63. The first-order valence-electron chi connectivity index (χ1n) is 3.53. The minimum Gasteiger partial charge on any atom is -0.464 e. The normalized spacial score (nSPS) is 16.4. The molecule has 0 unspecified atom stereocenters. The van der Waals surface area contributed by atoms with E-state index < -0.39 is 5.54 Å². The molecule has 1 aromatic heterocycles. The number of aliphatic hydroxyl groups excluding tert-OH is 1. The average Bonchev–Trinajstić information content (AvgIpc) is 2.36. The molecule has 3 N–H and O–H groups in total. The van der Waals surface area contributed by atoms with Crippen molar-refractivity contribution in [1.29, 1.82) is 0 Å². The number of nitrogens with two attached hydrogens (primary N) is 1. The zero-order chi connectivity index (χ0) is 8.48. The lowest BCUT2D eigenvalue weighted by molar-refractivity contribution is 0.187. The van der Waals surface area contributed by atoms with Crippen molar-refractivity contribution in [1.82, 2.24) is 0 Å². The van der Waals surface area contributed by atoms with Crippen LogP contribution in [-0.4, -0.2) is 11.7 Å². The van der Waals surface area contributed by atoms with E-state index in [1.807, 2.05) is 13.0 Å². The van der Waals surface area contributed by atoms with Crippen LogP contribution in [0.5, 0.6) is 0 Å². The summed E-state index contributed by atoms with van der Waals surface area (Å²) in [5.74, 6) is 1.43. The Labute approximate surface area is 65.8 Å². The van der Waals surface area contributed by atoms with Gasteiger partial charge >= 0.3 is 0 Å². The number of aryl methyl sites for hydroxylation is 1.